The maximum Gasteiger partial charge on any atom is 0.407 e. The number of amides is 2. The van der Waals surface area contributed by atoms with E-state index in [4.69, 9.17) is 0 Å². The van der Waals surface area contributed by atoms with Crippen LogP contribution in [0.2, 0.25) is 0 Å². The van der Waals surface area contributed by atoms with Crippen LogP contribution in [0.3, 0.4) is 0 Å². The summed E-state index contributed by atoms with van der Waals surface area (Å²) >= 11 is 0. The molecule has 0 aromatic carbocycles. The smallest absolute Gasteiger partial charge is 0.407 e. The number of methoxy groups -OCH3 is 1. The Balaban J connectivity index is 4.26. The lowest BCUT2D eigenvalue weighted by molar-refractivity contribution is -0.123. The molecular formula is C8H16N2O3. The molecule has 2 N–H and O–H groups in total. The second-order valence-corrected chi connectivity index (χ2v) is 2.97. The molecule has 0 bridgehead atoms. The lowest BCUT2D eigenvalue weighted by atomic mass is 10.0. The molecule has 0 radical (unpaired) electrons. The van der Waals surface area contributed by atoms with Crippen molar-refractivity contribution < 1.29 is 14.3 Å². The Labute approximate surface area is 77.8 Å². The van der Waals surface area contributed by atoms with E-state index < -0.39 is 12.1 Å². The van der Waals surface area contributed by atoms with Gasteiger partial charge in [-0.25, -0.2) is 4.79 Å². The number of carbonyl (C=O) groups is 2. The molecule has 0 saturated heterocycles. The van der Waals surface area contributed by atoms with E-state index in [1.54, 1.807) is 0 Å². The van der Waals surface area contributed by atoms with Crippen molar-refractivity contribution in [1.29, 1.82) is 0 Å². The highest BCUT2D eigenvalue weighted by molar-refractivity contribution is 5.85. The van der Waals surface area contributed by atoms with Crippen molar-refractivity contribution in [3.63, 3.8) is 0 Å². The van der Waals surface area contributed by atoms with Crippen molar-refractivity contribution in [3.8, 4) is 0 Å². The van der Waals surface area contributed by atoms with Gasteiger partial charge in [0.25, 0.3) is 0 Å². The summed E-state index contributed by atoms with van der Waals surface area (Å²) in [6.07, 6.45) is -0.595. The highest BCUT2D eigenvalue weighted by Crippen LogP contribution is 2.01. The molecule has 5 nitrogen and oxygen atoms in total. The number of nitrogens with one attached hydrogen (secondary N) is 2. The summed E-state index contributed by atoms with van der Waals surface area (Å²) in [6, 6.07) is -0.544. The van der Waals surface area contributed by atoms with Crippen LogP contribution in [0.1, 0.15) is 13.8 Å². The summed E-state index contributed by atoms with van der Waals surface area (Å²) in [6.45, 7) is 3.69. The van der Waals surface area contributed by atoms with Crippen LogP contribution >= 0.6 is 0 Å². The molecule has 13 heavy (non-hydrogen) atoms. The molecule has 76 valence electrons. The van der Waals surface area contributed by atoms with Crippen LogP contribution in [0, 0.1) is 5.92 Å². The van der Waals surface area contributed by atoms with Crippen molar-refractivity contribution >= 4 is 12.0 Å². The van der Waals surface area contributed by atoms with Crippen LogP contribution in [0.15, 0.2) is 0 Å². The third-order valence-electron chi connectivity index (χ3n) is 1.65. The van der Waals surface area contributed by atoms with Crippen molar-refractivity contribution in [3.05, 3.63) is 0 Å². The molecule has 0 spiro atoms. The average Bonchev–Trinajstić information content (AvgIpc) is 2.11. The third kappa shape index (κ3) is 3.78. The van der Waals surface area contributed by atoms with Crippen molar-refractivity contribution in [2.45, 2.75) is 19.9 Å². The van der Waals surface area contributed by atoms with Gasteiger partial charge in [0.05, 0.1) is 7.11 Å². The van der Waals surface area contributed by atoms with Gasteiger partial charge >= 0.3 is 6.09 Å². The largest absolute Gasteiger partial charge is 0.453 e. The molecule has 0 aliphatic heterocycles. The molecule has 0 rings (SSSR count). The molecule has 0 fully saturated rings. The SMILES string of the molecule is CNC(=O)[C@@H](NC(=O)OC)C(C)C. The molecule has 0 unspecified atom stereocenters. The summed E-state index contributed by atoms with van der Waals surface area (Å²) in [4.78, 5) is 22.1. The summed E-state index contributed by atoms with van der Waals surface area (Å²) in [7, 11) is 2.78. The summed E-state index contributed by atoms with van der Waals surface area (Å²) in [5, 5.41) is 4.91. The minimum atomic E-state index is -0.595. The first-order valence-corrected chi connectivity index (χ1v) is 4.09. The van der Waals surface area contributed by atoms with Crippen molar-refractivity contribution in [2.24, 2.45) is 5.92 Å². The van der Waals surface area contributed by atoms with Crippen molar-refractivity contribution in [2.75, 3.05) is 14.2 Å². The number of rotatable bonds is 3. The van der Waals surface area contributed by atoms with Gasteiger partial charge in [0.1, 0.15) is 6.04 Å². The van der Waals surface area contributed by atoms with E-state index in [9.17, 15) is 9.59 Å². The summed E-state index contributed by atoms with van der Waals surface area (Å²) in [5.41, 5.74) is 0. The molecule has 1 atom stereocenters. The Kier molecular flexibility index (Phi) is 4.87. The predicted octanol–water partition coefficient (Wildman–Crippen LogP) is 0.113. The first kappa shape index (κ1) is 11.7. The van der Waals surface area contributed by atoms with Gasteiger partial charge in [-0.3, -0.25) is 4.79 Å². The van der Waals surface area contributed by atoms with E-state index in [0.717, 1.165) is 0 Å². The molecule has 0 heterocycles. The molecule has 5 heteroatoms. The first-order chi connectivity index (χ1) is 6.02. The second kappa shape index (κ2) is 5.40. The van der Waals surface area contributed by atoms with Gasteiger partial charge in [0, 0.05) is 7.05 Å². The Morgan fingerprint density at radius 3 is 2.15 bits per heavy atom. The van der Waals surface area contributed by atoms with Gasteiger partial charge < -0.3 is 15.4 Å². The van der Waals surface area contributed by atoms with Crippen LogP contribution in [-0.2, 0) is 9.53 Å². The van der Waals surface area contributed by atoms with E-state index in [2.05, 4.69) is 15.4 Å². The zero-order valence-electron chi connectivity index (χ0n) is 8.38. The molecular weight excluding hydrogens is 172 g/mol. The highest BCUT2D eigenvalue weighted by atomic mass is 16.5. The molecule has 2 amide bonds. The van der Waals surface area contributed by atoms with Gasteiger partial charge in [-0.1, -0.05) is 13.8 Å². The number of alkyl carbamates (subject to hydrolysis) is 1. The molecule has 0 aromatic heterocycles. The van der Waals surface area contributed by atoms with Gasteiger partial charge in [0.15, 0.2) is 0 Å². The lowest BCUT2D eigenvalue weighted by Gasteiger charge is -2.19. The number of carbonyl (C=O) groups excluding carboxylic acids is 2. The fourth-order valence-corrected chi connectivity index (χ4v) is 0.876. The molecule has 0 aliphatic carbocycles. The second-order valence-electron chi connectivity index (χ2n) is 2.97. The topological polar surface area (TPSA) is 67.4 Å². The standard InChI is InChI=1S/C8H16N2O3/c1-5(2)6(7(11)9-3)10-8(12)13-4/h5-6H,1-4H3,(H,9,11)(H,10,12)/t6-/m0/s1. The van der Waals surface area contributed by atoms with E-state index in [-0.39, 0.29) is 11.8 Å². The minimum Gasteiger partial charge on any atom is -0.453 e. The maximum atomic E-state index is 11.2. The van der Waals surface area contributed by atoms with Crippen LogP contribution in [0.4, 0.5) is 4.79 Å². The Morgan fingerprint density at radius 1 is 1.31 bits per heavy atom. The molecule has 0 saturated carbocycles. The Hall–Kier alpha value is -1.26. The molecule has 0 aliphatic rings. The zero-order valence-corrected chi connectivity index (χ0v) is 8.38. The number of likely N-dealkylation sites (N-methyl/N-ethyl adjacent to an activating group) is 1. The number of ether oxygens (including phenoxy) is 1. The van der Waals surface area contributed by atoms with Crippen LogP contribution < -0.4 is 10.6 Å². The number of hydrogen-bond acceptors (Lipinski definition) is 3. The van der Waals surface area contributed by atoms with Gasteiger partial charge in [0.2, 0.25) is 5.91 Å². The lowest BCUT2D eigenvalue weighted by Crippen LogP contribution is -2.48. The number of hydrogen-bond donors (Lipinski definition) is 2. The quantitative estimate of drug-likeness (QED) is 0.660. The fourth-order valence-electron chi connectivity index (χ4n) is 0.876. The first-order valence-electron chi connectivity index (χ1n) is 4.09. The summed E-state index contributed by atoms with van der Waals surface area (Å²) in [5.74, 6) is -0.195. The van der Waals surface area contributed by atoms with E-state index in [1.165, 1.54) is 14.2 Å². The van der Waals surface area contributed by atoms with E-state index in [0.29, 0.717) is 0 Å². The van der Waals surface area contributed by atoms with Gasteiger partial charge in [-0.2, -0.15) is 0 Å². The summed E-state index contributed by atoms with van der Waals surface area (Å²) < 4.78 is 4.40. The van der Waals surface area contributed by atoms with Crippen LogP contribution in [0.25, 0.3) is 0 Å². The third-order valence-corrected chi connectivity index (χ3v) is 1.65. The van der Waals surface area contributed by atoms with Crippen LogP contribution in [-0.4, -0.2) is 32.2 Å². The van der Waals surface area contributed by atoms with Crippen LogP contribution in [0.5, 0.6) is 0 Å². The van der Waals surface area contributed by atoms with Gasteiger partial charge in [-0.05, 0) is 5.92 Å². The Bertz CT molecular complexity index is 192. The zero-order chi connectivity index (χ0) is 10.4. The monoisotopic (exact) mass is 188 g/mol. The Morgan fingerprint density at radius 2 is 1.85 bits per heavy atom. The van der Waals surface area contributed by atoms with Crippen molar-refractivity contribution in [1.82, 2.24) is 10.6 Å². The fraction of sp³-hybridized carbons (Fsp3) is 0.750. The van der Waals surface area contributed by atoms with E-state index in [1.807, 2.05) is 13.8 Å². The average molecular weight is 188 g/mol. The normalized spacial score (nSPS) is 12.1. The molecule has 0 aromatic rings. The van der Waals surface area contributed by atoms with Gasteiger partial charge in [-0.15, -0.1) is 0 Å². The highest BCUT2D eigenvalue weighted by Gasteiger charge is 2.22. The van der Waals surface area contributed by atoms with E-state index >= 15 is 0 Å². The maximum absolute atomic E-state index is 11.2. The predicted molar refractivity (Wildman–Crippen MR) is 48.2 cm³/mol. The minimum absolute atomic E-state index is 0.0269.